The van der Waals surface area contributed by atoms with E-state index in [1.165, 1.54) is 17.4 Å². The van der Waals surface area contributed by atoms with Crippen LogP contribution in [0.3, 0.4) is 0 Å². The second-order valence-electron chi connectivity index (χ2n) is 4.42. The van der Waals surface area contributed by atoms with Crippen LogP contribution in [-0.4, -0.2) is 24.7 Å². The Morgan fingerprint density at radius 3 is 3.15 bits per heavy atom. The Labute approximate surface area is 120 Å². The molecule has 3 rings (SSSR count). The number of hydrogen-bond donors (Lipinski definition) is 0. The third-order valence-electron chi connectivity index (χ3n) is 3.24. The zero-order valence-corrected chi connectivity index (χ0v) is 11.4. The molecule has 102 valence electrons. The van der Waals surface area contributed by atoms with Crippen LogP contribution >= 0.6 is 11.3 Å². The summed E-state index contributed by atoms with van der Waals surface area (Å²) in [4.78, 5) is 6.24. The molecule has 0 N–H and O–H groups in total. The van der Waals surface area contributed by atoms with Crippen LogP contribution in [0.1, 0.15) is 16.7 Å². The molecule has 2 heterocycles. The Hall–Kier alpha value is -1.97. The number of nitrogens with zero attached hydrogens (tertiary/aromatic N) is 3. The Morgan fingerprint density at radius 2 is 2.40 bits per heavy atom. The number of nitriles is 1. The van der Waals surface area contributed by atoms with E-state index in [1.807, 2.05) is 16.3 Å². The highest BCUT2D eigenvalue weighted by Crippen LogP contribution is 2.29. The predicted molar refractivity (Wildman–Crippen MR) is 74.1 cm³/mol. The Morgan fingerprint density at radius 1 is 1.50 bits per heavy atom. The van der Waals surface area contributed by atoms with E-state index in [9.17, 15) is 4.39 Å². The lowest BCUT2D eigenvalue weighted by molar-refractivity contribution is 0.0396. The topological polar surface area (TPSA) is 49.2 Å². The van der Waals surface area contributed by atoms with Crippen LogP contribution in [0.5, 0.6) is 0 Å². The van der Waals surface area contributed by atoms with E-state index >= 15 is 0 Å². The van der Waals surface area contributed by atoms with Crippen LogP contribution in [-0.2, 0) is 4.74 Å². The molecular formula is C14H12FN3OS. The van der Waals surface area contributed by atoms with Gasteiger partial charge in [0.15, 0.2) is 0 Å². The zero-order chi connectivity index (χ0) is 13.9. The van der Waals surface area contributed by atoms with Gasteiger partial charge in [0.1, 0.15) is 28.6 Å². The molecule has 1 fully saturated rings. The fourth-order valence-electron chi connectivity index (χ4n) is 2.30. The molecule has 4 nitrogen and oxygen atoms in total. The van der Waals surface area contributed by atoms with E-state index < -0.39 is 5.82 Å². The summed E-state index contributed by atoms with van der Waals surface area (Å²) in [5.74, 6) is -0.484. The number of thiazole rings is 1. The summed E-state index contributed by atoms with van der Waals surface area (Å²) in [5.41, 5.74) is 0.713. The van der Waals surface area contributed by atoms with Gasteiger partial charge in [-0.25, -0.2) is 9.37 Å². The van der Waals surface area contributed by atoms with Crippen molar-refractivity contribution in [1.82, 2.24) is 4.98 Å². The number of rotatable bonds is 2. The largest absolute Gasteiger partial charge is 0.367 e. The van der Waals surface area contributed by atoms with Crippen LogP contribution < -0.4 is 4.90 Å². The molecule has 2 aromatic rings. The molecule has 0 aliphatic carbocycles. The third-order valence-corrected chi connectivity index (χ3v) is 4.11. The molecule has 1 aromatic carbocycles. The van der Waals surface area contributed by atoms with Crippen LogP contribution in [0, 0.1) is 17.1 Å². The molecule has 1 aliphatic rings. The van der Waals surface area contributed by atoms with Gasteiger partial charge < -0.3 is 9.64 Å². The van der Waals surface area contributed by atoms with Gasteiger partial charge in [-0.2, -0.15) is 5.26 Å². The maximum atomic E-state index is 13.7. The monoisotopic (exact) mass is 289 g/mol. The SMILES string of the molecule is N#Cc1c(F)cccc1N1CCO[C@@H](c2nccs2)C1. The van der Waals surface area contributed by atoms with Crippen molar-refractivity contribution in [1.29, 1.82) is 5.26 Å². The van der Waals surface area contributed by atoms with Crippen molar-refractivity contribution < 1.29 is 9.13 Å². The molecule has 1 aliphatic heterocycles. The average Bonchev–Trinajstić information content (AvgIpc) is 3.01. The van der Waals surface area contributed by atoms with Crippen molar-refractivity contribution in [2.45, 2.75) is 6.10 Å². The number of anilines is 1. The standard InChI is InChI=1S/C14H12FN3OS/c15-11-2-1-3-12(10(11)8-16)18-5-6-19-13(9-18)14-17-4-7-20-14/h1-4,7,13H,5-6,9H2/t13-/m1/s1. The first kappa shape index (κ1) is 13.0. The van der Waals surface area contributed by atoms with Gasteiger partial charge in [-0.3, -0.25) is 0 Å². The highest BCUT2D eigenvalue weighted by Gasteiger charge is 2.26. The highest BCUT2D eigenvalue weighted by molar-refractivity contribution is 7.09. The van der Waals surface area contributed by atoms with E-state index in [-0.39, 0.29) is 11.7 Å². The molecule has 20 heavy (non-hydrogen) atoms. The minimum Gasteiger partial charge on any atom is -0.367 e. The minimum absolute atomic E-state index is 0.0901. The third kappa shape index (κ3) is 2.38. The average molecular weight is 289 g/mol. The van der Waals surface area contributed by atoms with E-state index in [0.29, 0.717) is 25.4 Å². The summed E-state index contributed by atoms with van der Waals surface area (Å²) in [6.45, 7) is 1.75. The van der Waals surface area contributed by atoms with Crippen molar-refractivity contribution in [3.05, 3.63) is 46.2 Å². The number of aromatic nitrogens is 1. The zero-order valence-electron chi connectivity index (χ0n) is 10.6. The normalized spacial score (nSPS) is 18.8. The molecule has 1 atom stereocenters. The summed E-state index contributed by atoms with van der Waals surface area (Å²) in [7, 11) is 0. The van der Waals surface area contributed by atoms with E-state index in [2.05, 4.69) is 4.98 Å². The molecule has 0 saturated carbocycles. The lowest BCUT2D eigenvalue weighted by Crippen LogP contribution is -2.38. The summed E-state index contributed by atoms with van der Waals surface area (Å²) in [6, 6.07) is 6.64. The van der Waals surface area contributed by atoms with Crippen molar-refractivity contribution in [2.75, 3.05) is 24.6 Å². The van der Waals surface area contributed by atoms with Gasteiger partial charge in [-0.15, -0.1) is 11.3 Å². The van der Waals surface area contributed by atoms with Crippen LogP contribution in [0.15, 0.2) is 29.8 Å². The maximum Gasteiger partial charge on any atom is 0.143 e. The van der Waals surface area contributed by atoms with Crippen molar-refractivity contribution in [3.8, 4) is 6.07 Å². The fourth-order valence-corrected chi connectivity index (χ4v) is 2.98. The number of benzene rings is 1. The molecule has 0 bridgehead atoms. The Kier molecular flexibility index (Phi) is 3.63. The predicted octanol–water partition coefficient (Wildman–Crippen LogP) is 2.73. The quantitative estimate of drug-likeness (QED) is 0.853. The summed E-state index contributed by atoms with van der Waals surface area (Å²) in [5, 5.41) is 11.9. The summed E-state index contributed by atoms with van der Waals surface area (Å²) >= 11 is 1.54. The summed E-state index contributed by atoms with van der Waals surface area (Å²) in [6.07, 6.45) is 1.61. The lowest BCUT2D eigenvalue weighted by Gasteiger charge is -2.34. The lowest BCUT2D eigenvalue weighted by atomic mass is 10.1. The van der Waals surface area contributed by atoms with Gasteiger partial charge in [0.25, 0.3) is 0 Å². The van der Waals surface area contributed by atoms with Gasteiger partial charge >= 0.3 is 0 Å². The first-order chi connectivity index (χ1) is 9.79. The molecular weight excluding hydrogens is 277 g/mol. The maximum absolute atomic E-state index is 13.7. The first-order valence-electron chi connectivity index (χ1n) is 6.24. The van der Waals surface area contributed by atoms with E-state index in [4.69, 9.17) is 10.00 Å². The number of morpholine rings is 1. The van der Waals surface area contributed by atoms with Gasteiger partial charge in [-0.1, -0.05) is 6.07 Å². The summed E-state index contributed by atoms with van der Waals surface area (Å²) < 4.78 is 19.4. The molecule has 0 spiro atoms. The van der Waals surface area contributed by atoms with Crippen LogP contribution in [0.4, 0.5) is 10.1 Å². The van der Waals surface area contributed by atoms with Gasteiger partial charge in [0.2, 0.25) is 0 Å². The first-order valence-corrected chi connectivity index (χ1v) is 7.12. The fraction of sp³-hybridized carbons (Fsp3) is 0.286. The van der Waals surface area contributed by atoms with Crippen LogP contribution in [0.2, 0.25) is 0 Å². The van der Waals surface area contributed by atoms with Gasteiger partial charge in [0.05, 0.1) is 18.8 Å². The number of hydrogen-bond acceptors (Lipinski definition) is 5. The van der Waals surface area contributed by atoms with Gasteiger partial charge in [0, 0.05) is 18.1 Å². The van der Waals surface area contributed by atoms with E-state index in [1.54, 1.807) is 18.3 Å². The minimum atomic E-state index is -0.484. The van der Waals surface area contributed by atoms with E-state index in [0.717, 1.165) is 5.01 Å². The smallest absolute Gasteiger partial charge is 0.143 e. The van der Waals surface area contributed by atoms with Gasteiger partial charge in [-0.05, 0) is 12.1 Å². The molecule has 1 saturated heterocycles. The number of halogens is 1. The highest BCUT2D eigenvalue weighted by atomic mass is 32.1. The molecule has 1 aromatic heterocycles. The molecule has 6 heteroatoms. The van der Waals surface area contributed by atoms with Crippen molar-refractivity contribution in [3.63, 3.8) is 0 Å². The second kappa shape index (κ2) is 5.57. The van der Waals surface area contributed by atoms with Crippen molar-refractivity contribution in [2.24, 2.45) is 0 Å². The van der Waals surface area contributed by atoms with Crippen molar-refractivity contribution >= 4 is 17.0 Å². The molecule has 0 amide bonds. The second-order valence-corrected chi connectivity index (χ2v) is 5.35. The Balaban J connectivity index is 1.88. The molecule has 0 unspecified atom stereocenters. The number of ether oxygens (including phenoxy) is 1. The molecule has 0 radical (unpaired) electrons. The Bertz CT molecular complexity index is 638. The van der Waals surface area contributed by atoms with Crippen LogP contribution in [0.25, 0.3) is 0 Å².